The molecular formula is C11H10Br2O2. The number of methoxy groups -OCH3 is 1. The van der Waals surface area contributed by atoms with Crippen molar-refractivity contribution in [3.05, 3.63) is 39.9 Å². The molecule has 0 saturated heterocycles. The number of ether oxygens (including phenoxy) is 1. The summed E-state index contributed by atoms with van der Waals surface area (Å²) in [6, 6.07) is 7.70. The van der Waals surface area contributed by atoms with Crippen LogP contribution in [0.15, 0.2) is 34.3 Å². The molecule has 0 heterocycles. The summed E-state index contributed by atoms with van der Waals surface area (Å²) in [4.78, 5) is 11.3. The van der Waals surface area contributed by atoms with E-state index in [-0.39, 0.29) is 5.97 Å². The van der Waals surface area contributed by atoms with Crippen molar-refractivity contribution < 1.29 is 9.53 Å². The van der Waals surface area contributed by atoms with Gasteiger partial charge in [0.2, 0.25) is 0 Å². The summed E-state index contributed by atoms with van der Waals surface area (Å²) in [5, 5.41) is 0.482. The monoisotopic (exact) mass is 332 g/mol. The van der Waals surface area contributed by atoms with Crippen LogP contribution >= 0.6 is 31.9 Å². The third kappa shape index (κ3) is 3.80. The highest BCUT2D eigenvalue weighted by molar-refractivity contribution is 9.10. The second-order valence-corrected chi connectivity index (χ2v) is 4.32. The Balaban J connectivity index is 2.93. The fourth-order valence-electron chi connectivity index (χ4n) is 1.04. The minimum absolute atomic E-state index is 0.310. The highest BCUT2D eigenvalue weighted by Crippen LogP contribution is 2.14. The molecule has 1 rings (SSSR count). The zero-order valence-electron chi connectivity index (χ0n) is 8.17. The minimum Gasteiger partial charge on any atom is -0.466 e. The Morgan fingerprint density at radius 3 is 2.47 bits per heavy atom. The van der Waals surface area contributed by atoms with E-state index in [1.165, 1.54) is 7.11 Å². The average molecular weight is 334 g/mol. The standard InChI is InChI=1S/C11H10Br2O2/c1-15-11(14)9(7-12)6-8-2-4-10(13)5-3-8/h2-6H,7H2,1H3. The van der Waals surface area contributed by atoms with Crippen molar-refractivity contribution in [2.24, 2.45) is 0 Å². The van der Waals surface area contributed by atoms with E-state index in [1.54, 1.807) is 6.08 Å². The molecular weight excluding hydrogens is 324 g/mol. The van der Waals surface area contributed by atoms with Crippen molar-refractivity contribution in [2.45, 2.75) is 0 Å². The number of hydrogen-bond acceptors (Lipinski definition) is 2. The lowest BCUT2D eigenvalue weighted by molar-refractivity contribution is -0.135. The Labute approximate surface area is 106 Å². The largest absolute Gasteiger partial charge is 0.466 e. The van der Waals surface area contributed by atoms with Crippen LogP contribution in [-0.2, 0) is 9.53 Å². The molecule has 0 atom stereocenters. The predicted molar refractivity (Wildman–Crippen MR) is 67.9 cm³/mol. The molecule has 0 aromatic heterocycles. The van der Waals surface area contributed by atoms with E-state index in [9.17, 15) is 4.79 Å². The number of rotatable bonds is 3. The van der Waals surface area contributed by atoms with Crippen LogP contribution in [0.25, 0.3) is 6.08 Å². The van der Waals surface area contributed by atoms with Gasteiger partial charge in [0.1, 0.15) is 0 Å². The van der Waals surface area contributed by atoms with Gasteiger partial charge in [0.25, 0.3) is 0 Å². The zero-order chi connectivity index (χ0) is 11.3. The van der Waals surface area contributed by atoms with Crippen molar-refractivity contribution in [3.8, 4) is 0 Å². The van der Waals surface area contributed by atoms with E-state index in [0.29, 0.717) is 10.9 Å². The van der Waals surface area contributed by atoms with E-state index >= 15 is 0 Å². The summed E-state index contributed by atoms with van der Waals surface area (Å²) >= 11 is 6.60. The topological polar surface area (TPSA) is 26.3 Å². The van der Waals surface area contributed by atoms with Crippen LogP contribution < -0.4 is 0 Å². The Bertz CT molecular complexity index is 369. The van der Waals surface area contributed by atoms with Crippen molar-refractivity contribution in [1.82, 2.24) is 0 Å². The molecule has 0 bridgehead atoms. The van der Waals surface area contributed by atoms with Crippen molar-refractivity contribution in [1.29, 1.82) is 0 Å². The molecule has 0 radical (unpaired) electrons. The summed E-state index contributed by atoms with van der Waals surface area (Å²) in [6.45, 7) is 0. The first-order chi connectivity index (χ1) is 7.17. The third-order valence-corrected chi connectivity index (χ3v) is 2.94. The number of alkyl halides is 1. The molecule has 0 N–H and O–H groups in total. The van der Waals surface area contributed by atoms with E-state index in [4.69, 9.17) is 0 Å². The zero-order valence-corrected chi connectivity index (χ0v) is 11.3. The number of esters is 1. The van der Waals surface area contributed by atoms with Gasteiger partial charge in [-0.2, -0.15) is 0 Å². The molecule has 4 heteroatoms. The van der Waals surface area contributed by atoms with Crippen LogP contribution in [0.5, 0.6) is 0 Å². The molecule has 0 aliphatic heterocycles. The SMILES string of the molecule is COC(=O)C(=Cc1ccc(Br)cc1)CBr. The molecule has 0 aliphatic carbocycles. The van der Waals surface area contributed by atoms with Gasteiger partial charge in [0, 0.05) is 15.4 Å². The molecule has 80 valence electrons. The third-order valence-electron chi connectivity index (χ3n) is 1.80. The fraction of sp³-hybridized carbons (Fsp3) is 0.182. The molecule has 0 fully saturated rings. The smallest absolute Gasteiger partial charge is 0.334 e. The highest BCUT2D eigenvalue weighted by Gasteiger charge is 2.07. The maximum atomic E-state index is 11.3. The lowest BCUT2D eigenvalue weighted by Crippen LogP contribution is -2.05. The summed E-state index contributed by atoms with van der Waals surface area (Å²) in [7, 11) is 1.38. The lowest BCUT2D eigenvalue weighted by Gasteiger charge is -2.01. The molecule has 0 amide bonds. The number of halogens is 2. The number of benzene rings is 1. The molecule has 0 aliphatic rings. The fourth-order valence-corrected chi connectivity index (χ4v) is 1.70. The van der Waals surface area contributed by atoms with E-state index in [1.807, 2.05) is 24.3 Å². The van der Waals surface area contributed by atoms with Gasteiger partial charge in [0.05, 0.1) is 7.11 Å². The second-order valence-electron chi connectivity index (χ2n) is 2.85. The number of carbonyl (C=O) groups excluding carboxylic acids is 1. The lowest BCUT2D eigenvalue weighted by atomic mass is 10.1. The molecule has 0 unspecified atom stereocenters. The maximum absolute atomic E-state index is 11.3. The van der Waals surface area contributed by atoms with Gasteiger partial charge in [-0.3, -0.25) is 0 Å². The van der Waals surface area contributed by atoms with Gasteiger partial charge in [-0.25, -0.2) is 4.79 Å². The number of hydrogen-bond donors (Lipinski definition) is 0. The van der Waals surface area contributed by atoms with E-state index in [0.717, 1.165) is 10.0 Å². The van der Waals surface area contributed by atoms with Crippen LogP contribution in [0.4, 0.5) is 0 Å². The maximum Gasteiger partial charge on any atom is 0.334 e. The van der Waals surface area contributed by atoms with Gasteiger partial charge >= 0.3 is 5.97 Å². The van der Waals surface area contributed by atoms with Crippen LogP contribution in [0.1, 0.15) is 5.56 Å². The van der Waals surface area contributed by atoms with Crippen LogP contribution in [0, 0.1) is 0 Å². The first-order valence-electron chi connectivity index (χ1n) is 4.28. The quantitative estimate of drug-likeness (QED) is 0.481. The normalized spacial score (nSPS) is 11.3. The van der Waals surface area contributed by atoms with Gasteiger partial charge < -0.3 is 4.74 Å². The molecule has 0 saturated carbocycles. The predicted octanol–water partition coefficient (Wildman–Crippen LogP) is 3.40. The Morgan fingerprint density at radius 2 is 2.00 bits per heavy atom. The molecule has 1 aromatic carbocycles. The van der Waals surface area contributed by atoms with Crippen LogP contribution in [0.3, 0.4) is 0 Å². The molecule has 1 aromatic rings. The summed E-state index contributed by atoms with van der Waals surface area (Å²) in [5.74, 6) is -0.310. The summed E-state index contributed by atoms with van der Waals surface area (Å²) in [5.41, 5.74) is 1.57. The van der Waals surface area contributed by atoms with Crippen LogP contribution in [-0.4, -0.2) is 18.4 Å². The molecule has 0 spiro atoms. The van der Waals surface area contributed by atoms with Gasteiger partial charge in [-0.15, -0.1) is 0 Å². The Hall–Kier alpha value is -0.610. The van der Waals surface area contributed by atoms with Crippen LogP contribution in [0.2, 0.25) is 0 Å². The van der Waals surface area contributed by atoms with Crippen molar-refractivity contribution in [3.63, 3.8) is 0 Å². The van der Waals surface area contributed by atoms with Crippen molar-refractivity contribution >= 4 is 43.9 Å². The average Bonchev–Trinajstić information content (AvgIpc) is 2.27. The summed E-state index contributed by atoms with van der Waals surface area (Å²) < 4.78 is 5.66. The minimum atomic E-state index is -0.310. The van der Waals surface area contributed by atoms with Gasteiger partial charge in [0.15, 0.2) is 0 Å². The van der Waals surface area contributed by atoms with E-state index in [2.05, 4.69) is 36.6 Å². The number of carbonyl (C=O) groups is 1. The van der Waals surface area contributed by atoms with E-state index < -0.39 is 0 Å². The molecule has 15 heavy (non-hydrogen) atoms. The van der Waals surface area contributed by atoms with Gasteiger partial charge in [-0.05, 0) is 23.8 Å². The summed E-state index contributed by atoms with van der Waals surface area (Å²) in [6.07, 6.45) is 1.80. The Kier molecular flexibility index (Phi) is 5.05. The highest BCUT2D eigenvalue weighted by atomic mass is 79.9. The first kappa shape index (κ1) is 12.5. The Morgan fingerprint density at radius 1 is 1.40 bits per heavy atom. The first-order valence-corrected chi connectivity index (χ1v) is 6.19. The second kappa shape index (κ2) is 6.08. The van der Waals surface area contributed by atoms with Crippen molar-refractivity contribution in [2.75, 3.05) is 12.4 Å². The molecule has 2 nitrogen and oxygen atoms in total. The van der Waals surface area contributed by atoms with Gasteiger partial charge in [-0.1, -0.05) is 44.0 Å².